The summed E-state index contributed by atoms with van der Waals surface area (Å²) in [6, 6.07) is 9.79. The lowest BCUT2D eigenvalue weighted by Crippen LogP contribution is -2.50. The summed E-state index contributed by atoms with van der Waals surface area (Å²) in [7, 11) is 0. The van der Waals surface area contributed by atoms with Gasteiger partial charge in [0.15, 0.2) is 0 Å². The van der Waals surface area contributed by atoms with Gasteiger partial charge in [0.2, 0.25) is 5.91 Å². The summed E-state index contributed by atoms with van der Waals surface area (Å²) in [6.07, 6.45) is 5.09. The molecule has 2 aliphatic rings. The van der Waals surface area contributed by atoms with Crippen LogP contribution in [-0.2, 0) is 11.3 Å². The van der Waals surface area contributed by atoms with E-state index in [1.54, 1.807) is 24.3 Å². The zero-order valence-electron chi connectivity index (χ0n) is 20.6. The monoisotopic (exact) mass is 584 g/mol. The third-order valence-electron chi connectivity index (χ3n) is 6.96. The molecule has 2 aliphatic heterocycles. The van der Waals surface area contributed by atoms with Crippen molar-refractivity contribution < 1.29 is 9.59 Å². The minimum Gasteiger partial charge on any atom is -0.350 e. The fourth-order valence-electron chi connectivity index (χ4n) is 4.98. The molecule has 2 atom stereocenters. The molecule has 2 amide bonds. The van der Waals surface area contributed by atoms with Gasteiger partial charge in [-0.25, -0.2) is 0 Å². The summed E-state index contributed by atoms with van der Waals surface area (Å²) >= 11 is 24.5. The van der Waals surface area contributed by atoms with E-state index in [2.05, 4.69) is 15.5 Å². The second-order valence-corrected chi connectivity index (χ2v) is 11.5. The molecule has 4 rings (SSSR count). The first kappa shape index (κ1) is 28.5. The van der Waals surface area contributed by atoms with Crippen molar-refractivity contribution in [2.75, 3.05) is 32.7 Å². The molecule has 2 unspecified atom stereocenters. The lowest BCUT2D eigenvalue weighted by molar-refractivity contribution is -0.133. The molecule has 0 radical (unpaired) electrons. The van der Waals surface area contributed by atoms with Crippen LogP contribution in [0.1, 0.15) is 48.0 Å². The van der Waals surface area contributed by atoms with Gasteiger partial charge >= 0.3 is 0 Å². The average molecular weight is 586 g/mol. The highest BCUT2D eigenvalue weighted by molar-refractivity contribution is 6.42. The van der Waals surface area contributed by atoms with Crippen molar-refractivity contribution in [3.05, 3.63) is 67.6 Å². The van der Waals surface area contributed by atoms with Crippen LogP contribution in [0.2, 0.25) is 20.1 Å². The first-order valence-corrected chi connectivity index (χ1v) is 14.2. The Kier molecular flexibility index (Phi) is 10.4. The maximum atomic E-state index is 13.6. The molecule has 0 aromatic heterocycles. The van der Waals surface area contributed by atoms with Crippen LogP contribution in [0.5, 0.6) is 0 Å². The van der Waals surface area contributed by atoms with Gasteiger partial charge in [-0.3, -0.25) is 9.59 Å². The number of hydrogen-bond acceptors (Lipinski definition) is 4. The molecule has 2 fully saturated rings. The van der Waals surface area contributed by atoms with Crippen molar-refractivity contribution >= 4 is 58.2 Å². The first-order chi connectivity index (χ1) is 17.8. The molecule has 37 heavy (non-hydrogen) atoms. The third-order valence-corrected chi connectivity index (χ3v) is 8.14. The molecule has 200 valence electrons. The molecule has 10 heteroatoms. The topological polar surface area (TPSA) is 64.7 Å². The summed E-state index contributed by atoms with van der Waals surface area (Å²) in [6.45, 7) is 4.41. The van der Waals surface area contributed by atoms with E-state index in [0.29, 0.717) is 58.1 Å². The van der Waals surface area contributed by atoms with Crippen molar-refractivity contribution in [2.24, 2.45) is 0 Å². The average Bonchev–Trinajstić information content (AvgIpc) is 3.01. The van der Waals surface area contributed by atoms with Gasteiger partial charge in [-0.05, 0) is 80.7 Å². The first-order valence-electron chi connectivity index (χ1n) is 12.7. The maximum Gasteiger partial charge on any atom is 0.251 e. The SMILES string of the molecule is O=C(NCC1CCN(Cc2cc(Cl)cc(Cl)c2)C(=O)C(CCN2CCCCC2)N1)c1ccc(Cl)c(Cl)c1. The highest BCUT2D eigenvalue weighted by Crippen LogP contribution is 2.23. The molecule has 6 nitrogen and oxygen atoms in total. The normalized spacial score (nSPS) is 21.1. The second-order valence-electron chi connectivity index (χ2n) is 9.77. The number of piperidine rings is 1. The number of rotatable bonds is 8. The number of hydrogen-bond donors (Lipinski definition) is 2. The molecule has 0 saturated carbocycles. The maximum absolute atomic E-state index is 13.6. The number of likely N-dealkylation sites (tertiary alicyclic amines) is 1. The van der Waals surface area contributed by atoms with Crippen LogP contribution in [0.15, 0.2) is 36.4 Å². The number of carbonyl (C=O) groups is 2. The van der Waals surface area contributed by atoms with E-state index in [0.717, 1.165) is 25.2 Å². The molecular weight excluding hydrogens is 554 g/mol. The lowest BCUT2D eigenvalue weighted by atomic mass is 10.1. The Labute approximate surface area is 238 Å². The van der Waals surface area contributed by atoms with Gasteiger partial charge in [0.25, 0.3) is 5.91 Å². The second kappa shape index (κ2) is 13.5. The summed E-state index contributed by atoms with van der Waals surface area (Å²) < 4.78 is 0. The number of halogens is 4. The Morgan fingerprint density at radius 1 is 0.946 bits per heavy atom. The Balaban J connectivity index is 1.43. The Morgan fingerprint density at radius 2 is 1.68 bits per heavy atom. The van der Waals surface area contributed by atoms with Crippen molar-refractivity contribution in [1.29, 1.82) is 0 Å². The zero-order valence-corrected chi connectivity index (χ0v) is 23.6. The quantitative estimate of drug-likeness (QED) is 0.419. The fourth-order valence-corrected chi connectivity index (χ4v) is 5.85. The molecule has 2 saturated heterocycles. The fraction of sp³-hybridized carbons (Fsp3) is 0.481. The van der Waals surface area contributed by atoms with E-state index in [-0.39, 0.29) is 23.9 Å². The van der Waals surface area contributed by atoms with Crippen molar-refractivity contribution in [3.8, 4) is 0 Å². The third kappa shape index (κ3) is 8.22. The predicted molar refractivity (Wildman–Crippen MR) is 151 cm³/mol. The highest BCUT2D eigenvalue weighted by atomic mass is 35.5. The minimum absolute atomic E-state index is 0.0602. The van der Waals surface area contributed by atoms with Crippen molar-refractivity contribution in [2.45, 2.75) is 50.7 Å². The largest absolute Gasteiger partial charge is 0.350 e. The number of nitrogens with one attached hydrogen (secondary N) is 2. The molecular formula is C27H32Cl4N4O2. The Hall–Kier alpha value is -1.54. The van der Waals surface area contributed by atoms with E-state index in [9.17, 15) is 9.59 Å². The van der Waals surface area contributed by atoms with Crippen LogP contribution in [0.25, 0.3) is 0 Å². The number of benzene rings is 2. The van der Waals surface area contributed by atoms with Crippen LogP contribution in [0, 0.1) is 0 Å². The van der Waals surface area contributed by atoms with E-state index in [1.807, 2.05) is 17.0 Å². The molecule has 2 aromatic rings. The molecule has 2 N–H and O–H groups in total. The van der Waals surface area contributed by atoms with Gasteiger partial charge < -0.3 is 20.4 Å². The molecule has 2 aromatic carbocycles. The summed E-state index contributed by atoms with van der Waals surface area (Å²) in [5.41, 5.74) is 1.34. The van der Waals surface area contributed by atoms with Gasteiger partial charge in [0.05, 0.1) is 16.1 Å². The van der Waals surface area contributed by atoms with Crippen molar-refractivity contribution in [3.63, 3.8) is 0 Å². The van der Waals surface area contributed by atoms with E-state index in [1.165, 1.54) is 19.3 Å². The zero-order chi connectivity index (χ0) is 26.4. The van der Waals surface area contributed by atoms with Gasteiger partial charge in [-0.2, -0.15) is 0 Å². The Bertz CT molecular complexity index is 1090. The van der Waals surface area contributed by atoms with Crippen LogP contribution in [-0.4, -0.2) is 66.4 Å². The van der Waals surface area contributed by atoms with Gasteiger partial charge in [-0.1, -0.05) is 52.8 Å². The van der Waals surface area contributed by atoms with Crippen molar-refractivity contribution in [1.82, 2.24) is 20.4 Å². The lowest BCUT2D eigenvalue weighted by Gasteiger charge is -2.30. The van der Waals surface area contributed by atoms with E-state index < -0.39 is 0 Å². The van der Waals surface area contributed by atoms with E-state index in [4.69, 9.17) is 46.4 Å². The molecule has 0 spiro atoms. The molecule has 0 aliphatic carbocycles. The number of carbonyl (C=O) groups excluding carboxylic acids is 2. The van der Waals surface area contributed by atoms with Gasteiger partial charge in [0, 0.05) is 47.8 Å². The smallest absolute Gasteiger partial charge is 0.251 e. The summed E-state index contributed by atoms with van der Waals surface area (Å²) in [5.74, 6) is -0.169. The molecule has 2 heterocycles. The van der Waals surface area contributed by atoms with Crippen LogP contribution in [0.3, 0.4) is 0 Å². The van der Waals surface area contributed by atoms with Crippen LogP contribution >= 0.6 is 46.4 Å². The summed E-state index contributed by atoms with van der Waals surface area (Å²) in [5, 5.41) is 8.36. The highest BCUT2D eigenvalue weighted by Gasteiger charge is 2.31. The summed E-state index contributed by atoms with van der Waals surface area (Å²) in [4.78, 5) is 30.7. The van der Waals surface area contributed by atoms with Gasteiger partial charge in [-0.15, -0.1) is 0 Å². The molecule has 0 bridgehead atoms. The van der Waals surface area contributed by atoms with Gasteiger partial charge in [0.1, 0.15) is 0 Å². The van der Waals surface area contributed by atoms with Crippen LogP contribution < -0.4 is 10.6 Å². The minimum atomic E-state index is -0.342. The predicted octanol–water partition coefficient (Wildman–Crippen LogP) is 5.67. The van der Waals surface area contributed by atoms with Crippen LogP contribution in [0.4, 0.5) is 0 Å². The number of amides is 2. The number of nitrogens with zero attached hydrogens (tertiary/aromatic N) is 2. The Morgan fingerprint density at radius 3 is 2.38 bits per heavy atom. The van der Waals surface area contributed by atoms with E-state index >= 15 is 0 Å². The standard InChI is InChI=1S/C27H32Cl4N4O2/c28-20-12-18(13-21(29)15-20)17-35-11-6-22(16-32-26(36)19-4-5-23(30)24(31)14-19)33-25(27(35)37)7-10-34-8-2-1-3-9-34/h4-5,12-15,22,25,33H,1-3,6-11,16-17H2,(H,32,36).